The smallest absolute Gasteiger partial charge is 0.317 e. The Kier molecular flexibility index (Phi) is 6.15. The van der Waals surface area contributed by atoms with Crippen molar-refractivity contribution in [1.82, 2.24) is 10.2 Å². The third-order valence-corrected chi connectivity index (χ3v) is 2.73. The van der Waals surface area contributed by atoms with Crippen LogP contribution in [0, 0.1) is 6.92 Å². The van der Waals surface area contributed by atoms with Crippen molar-refractivity contribution >= 4 is 6.03 Å². The van der Waals surface area contributed by atoms with Gasteiger partial charge in [0, 0.05) is 25.7 Å². The highest BCUT2D eigenvalue weighted by atomic mass is 16.5. The van der Waals surface area contributed by atoms with Crippen LogP contribution in [0.5, 0.6) is 5.75 Å². The standard InChI is InChI=1S/C14H22N2O3/c1-4-19-13-9-11(2)5-6-12(13)10-15-14(18)16(3)7-8-17/h5-6,9,17H,4,7-8,10H2,1-3H3,(H,15,18). The number of likely N-dealkylation sites (N-methyl/N-ethyl adjacent to an activating group) is 1. The zero-order valence-corrected chi connectivity index (χ0v) is 11.8. The van der Waals surface area contributed by atoms with E-state index < -0.39 is 0 Å². The van der Waals surface area contributed by atoms with Gasteiger partial charge in [0.2, 0.25) is 0 Å². The van der Waals surface area contributed by atoms with Crippen LogP contribution in [0.1, 0.15) is 18.1 Å². The molecule has 0 fully saturated rings. The van der Waals surface area contributed by atoms with E-state index in [1.54, 1.807) is 7.05 Å². The molecule has 0 saturated heterocycles. The molecule has 1 rings (SSSR count). The Morgan fingerprint density at radius 3 is 2.84 bits per heavy atom. The lowest BCUT2D eigenvalue weighted by atomic mass is 10.1. The second-order valence-corrected chi connectivity index (χ2v) is 4.35. The highest BCUT2D eigenvalue weighted by Gasteiger charge is 2.09. The van der Waals surface area contributed by atoms with Gasteiger partial charge in [0.15, 0.2) is 0 Å². The van der Waals surface area contributed by atoms with Gasteiger partial charge in [0.05, 0.1) is 13.2 Å². The van der Waals surface area contributed by atoms with Gasteiger partial charge in [-0.05, 0) is 25.5 Å². The molecule has 19 heavy (non-hydrogen) atoms. The molecule has 5 nitrogen and oxygen atoms in total. The fourth-order valence-corrected chi connectivity index (χ4v) is 1.66. The topological polar surface area (TPSA) is 61.8 Å². The summed E-state index contributed by atoms with van der Waals surface area (Å²) in [6.45, 7) is 5.20. The summed E-state index contributed by atoms with van der Waals surface area (Å²) in [5.74, 6) is 0.799. The van der Waals surface area contributed by atoms with Crippen LogP contribution in [0.3, 0.4) is 0 Å². The summed E-state index contributed by atoms with van der Waals surface area (Å²) in [6.07, 6.45) is 0. The van der Waals surface area contributed by atoms with E-state index in [1.165, 1.54) is 4.90 Å². The minimum atomic E-state index is -0.211. The van der Waals surface area contributed by atoms with E-state index in [1.807, 2.05) is 32.0 Å². The molecular weight excluding hydrogens is 244 g/mol. The van der Waals surface area contributed by atoms with Crippen molar-refractivity contribution in [2.45, 2.75) is 20.4 Å². The summed E-state index contributed by atoms with van der Waals surface area (Å²) >= 11 is 0. The Hall–Kier alpha value is -1.75. The first-order chi connectivity index (χ1) is 9.08. The molecule has 0 saturated carbocycles. The lowest BCUT2D eigenvalue weighted by Crippen LogP contribution is -2.38. The van der Waals surface area contributed by atoms with Crippen molar-refractivity contribution in [1.29, 1.82) is 0 Å². The van der Waals surface area contributed by atoms with Crippen molar-refractivity contribution in [2.24, 2.45) is 0 Å². The maximum absolute atomic E-state index is 11.7. The molecule has 5 heteroatoms. The van der Waals surface area contributed by atoms with Gasteiger partial charge < -0.3 is 20.1 Å². The molecule has 0 aliphatic carbocycles. The van der Waals surface area contributed by atoms with Crippen LogP contribution in [-0.2, 0) is 6.54 Å². The number of amides is 2. The average Bonchev–Trinajstić information content (AvgIpc) is 2.38. The van der Waals surface area contributed by atoms with Gasteiger partial charge in [-0.15, -0.1) is 0 Å². The normalized spacial score (nSPS) is 10.1. The number of urea groups is 1. The van der Waals surface area contributed by atoms with Crippen LogP contribution in [0.15, 0.2) is 18.2 Å². The summed E-state index contributed by atoms with van der Waals surface area (Å²) in [4.78, 5) is 13.1. The van der Waals surface area contributed by atoms with E-state index >= 15 is 0 Å². The van der Waals surface area contributed by atoms with E-state index in [0.29, 0.717) is 19.7 Å². The number of nitrogens with one attached hydrogen (secondary N) is 1. The fourth-order valence-electron chi connectivity index (χ4n) is 1.66. The third-order valence-electron chi connectivity index (χ3n) is 2.73. The largest absolute Gasteiger partial charge is 0.494 e. The van der Waals surface area contributed by atoms with Crippen LogP contribution in [-0.4, -0.2) is 42.8 Å². The first kappa shape index (κ1) is 15.3. The number of carbonyl (C=O) groups is 1. The monoisotopic (exact) mass is 266 g/mol. The zero-order chi connectivity index (χ0) is 14.3. The highest BCUT2D eigenvalue weighted by Crippen LogP contribution is 2.20. The number of nitrogens with zero attached hydrogens (tertiary/aromatic N) is 1. The summed E-state index contributed by atoms with van der Waals surface area (Å²) in [5.41, 5.74) is 2.06. The molecule has 0 aromatic heterocycles. The molecule has 2 amide bonds. The number of carbonyl (C=O) groups excluding carboxylic acids is 1. The highest BCUT2D eigenvalue weighted by molar-refractivity contribution is 5.73. The van der Waals surface area contributed by atoms with Crippen molar-refractivity contribution in [3.63, 3.8) is 0 Å². The van der Waals surface area contributed by atoms with Crippen molar-refractivity contribution in [3.05, 3.63) is 29.3 Å². The minimum Gasteiger partial charge on any atom is -0.494 e. The van der Waals surface area contributed by atoms with Crippen molar-refractivity contribution < 1.29 is 14.6 Å². The van der Waals surface area contributed by atoms with Crippen LogP contribution < -0.4 is 10.1 Å². The third kappa shape index (κ3) is 4.79. The van der Waals surface area contributed by atoms with E-state index in [4.69, 9.17) is 9.84 Å². The zero-order valence-electron chi connectivity index (χ0n) is 11.8. The van der Waals surface area contributed by atoms with Gasteiger partial charge in [-0.3, -0.25) is 0 Å². The molecule has 0 bridgehead atoms. The molecule has 0 heterocycles. The molecule has 0 aliphatic rings. The van der Waals surface area contributed by atoms with E-state index in [9.17, 15) is 4.79 Å². The van der Waals surface area contributed by atoms with Gasteiger partial charge in [-0.1, -0.05) is 12.1 Å². The van der Waals surface area contributed by atoms with E-state index in [2.05, 4.69) is 5.32 Å². The molecule has 0 spiro atoms. The lowest BCUT2D eigenvalue weighted by Gasteiger charge is -2.17. The van der Waals surface area contributed by atoms with Crippen molar-refractivity contribution in [3.8, 4) is 5.75 Å². The number of aliphatic hydroxyl groups is 1. The molecule has 1 aromatic carbocycles. The summed E-state index contributed by atoms with van der Waals surface area (Å²) in [5, 5.41) is 11.6. The predicted molar refractivity (Wildman–Crippen MR) is 74.3 cm³/mol. The second-order valence-electron chi connectivity index (χ2n) is 4.35. The van der Waals surface area contributed by atoms with Gasteiger partial charge in [0.1, 0.15) is 5.75 Å². The molecule has 106 valence electrons. The van der Waals surface area contributed by atoms with Crippen LogP contribution in [0.2, 0.25) is 0 Å². The van der Waals surface area contributed by atoms with Gasteiger partial charge >= 0.3 is 6.03 Å². The quantitative estimate of drug-likeness (QED) is 0.820. The number of hydrogen-bond donors (Lipinski definition) is 2. The summed E-state index contributed by atoms with van der Waals surface area (Å²) in [6, 6.07) is 5.69. The fraction of sp³-hybridized carbons (Fsp3) is 0.500. The molecule has 2 N–H and O–H groups in total. The Morgan fingerprint density at radius 1 is 1.47 bits per heavy atom. The lowest BCUT2D eigenvalue weighted by molar-refractivity contribution is 0.190. The van der Waals surface area contributed by atoms with Crippen LogP contribution >= 0.6 is 0 Å². The molecule has 0 radical (unpaired) electrons. The Labute approximate surface area is 114 Å². The number of ether oxygens (including phenoxy) is 1. The Bertz CT molecular complexity index is 421. The minimum absolute atomic E-state index is 0.0430. The van der Waals surface area contributed by atoms with E-state index in [0.717, 1.165) is 16.9 Å². The first-order valence-electron chi connectivity index (χ1n) is 6.40. The van der Waals surface area contributed by atoms with Gasteiger partial charge in [-0.2, -0.15) is 0 Å². The number of aryl methyl sites for hydroxylation is 1. The molecular formula is C14H22N2O3. The predicted octanol–water partition coefficient (Wildman–Crippen LogP) is 1.53. The first-order valence-corrected chi connectivity index (χ1v) is 6.40. The Balaban J connectivity index is 2.64. The Morgan fingerprint density at radius 2 is 2.21 bits per heavy atom. The van der Waals surface area contributed by atoms with Crippen LogP contribution in [0.4, 0.5) is 4.79 Å². The van der Waals surface area contributed by atoms with E-state index in [-0.39, 0.29) is 12.6 Å². The molecule has 0 atom stereocenters. The summed E-state index contributed by atoms with van der Waals surface area (Å²) in [7, 11) is 1.64. The van der Waals surface area contributed by atoms with Crippen LogP contribution in [0.25, 0.3) is 0 Å². The summed E-state index contributed by atoms with van der Waals surface area (Å²) < 4.78 is 5.55. The number of aliphatic hydroxyl groups excluding tert-OH is 1. The van der Waals surface area contributed by atoms with Crippen molar-refractivity contribution in [2.75, 3.05) is 26.8 Å². The molecule has 0 aliphatic heterocycles. The number of hydrogen-bond acceptors (Lipinski definition) is 3. The second kappa shape index (κ2) is 7.63. The van der Waals surface area contributed by atoms with Gasteiger partial charge in [-0.25, -0.2) is 4.79 Å². The molecule has 1 aromatic rings. The number of rotatable bonds is 6. The number of benzene rings is 1. The average molecular weight is 266 g/mol. The maximum atomic E-state index is 11.7. The SMILES string of the molecule is CCOc1cc(C)ccc1CNC(=O)N(C)CCO. The van der Waals surface area contributed by atoms with Gasteiger partial charge in [0.25, 0.3) is 0 Å². The maximum Gasteiger partial charge on any atom is 0.317 e. The molecule has 0 unspecified atom stereocenters.